The lowest BCUT2D eigenvalue weighted by Gasteiger charge is -2.34. The SMILES string of the molecule is COc1cccc(CN(C(=O)CSCc2cc(C)cc(C)c2)[C@@H](Cc2ccccc2)C(=O)NC(C)(C)C)c1. The van der Waals surface area contributed by atoms with Crippen LogP contribution in [-0.4, -0.2) is 41.2 Å². The molecule has 3 aromatic rings. The van der Waals surface area contributed by atoms with Gasteiger partial charge < -0.3 is 15.0 Å². The van der Waals surface area contributed by atoms with E-state index in [1.54, 1.807) is 23.8 Å². The molecule has 0 saturated heterocycles. The van der Waals surface area contributed by atoms with E-state index >= 15 is 0 Å². The highest BCUT2D eigenvalue weighted by Gasteiger charge is 2.32. The number of rotatable bonds is 11. The van der Waals surface area contributed by atoms with Crippen LogP contribution in [0.5, 0.6) is 5.75 Å². The minimum atomic E-state index is -0.655. The van der Waals surface area contributed by atoms with Gasteiger partial charge in [0.15, 0.2) is 0 Å². The van der Waals surface area contributed by atoms with E-state index in [-0.39, 0.29) is 17.6 Å². The summed E-state index contributed by atoms with van der Waals surface area (Å²) in [4.78, 5) is 29.2. The molecular formula is C32H40N2O3S. The molecule has 0 aliphatic rings. The van der Waals surface area contributed by atoms with E-state index in [0.29, 0.717) is 13.0 Å². The van der Waals surface area contributed by atoms with Crippen LogP contribution >= 0.6 is 11.8 Å². The van der Waals surface area contributed by atoms with Crippen molar-refractivity contribution in [3.8, 4) is 5.75 Å². The highest BCUT2D eigenvalue weighted by molar-refractivity contribution is 7.99. The van der Waals surface area contributed by atoms with Crippen LogP contribution in [0.25, 0.3) is 0 Å². The van der Waals surface area contributed by atoms with Crippen LogP contribution in [0, 0.1) is 13.8 Å². The summed E-state index contributed by atoms with van der Waals surface area (Å²) in [5, 5.41) is 3.11. The normalized spacial score (nSPS) is 12.1. The van der Waals surface area contributed by atoms with Gasteiger partial charge in [-0.15, -0.1) is 11.8 Å². The zero-order chi connectivity index (χ0) is 27.7. The maximum atomic E-state index is 13.8. The minimum absolute atomic E-state index is 0.0628. The molecule has 202 valence electrons. The van der Waals surface area contributed by atoms with E-state index in [1.165, 1.54) is 16.7 Å². The first-order valence-electron chi connectivity index (χ1n) is 13.0. The number of nitrogens with zero attached hydrogens (tertiary/aromatic N) is 1. The third-order valence-corrected chi connectivity index (χ3v) is 7.02. The Hall–Kier alpha value is -3.25. The van der Waals surface area contributed by atoms with E-state index in [0.717, 1.165) is 22.6 Å². The third-order valence-electron chi connectivity index (χ3n) is 6.03. The van der Waals surface area contributed by atoms with Gasteiger partial charge in [-0.05, 0) is 63.4 Å². The lowest BCUT2D eigenvalue weighted by atomic mass is 10.0. The number of carbonyl (C=O) groups is 2. The summed E-state index contributed by atoms with van der Waals surface area (Å²) < 4.78 is 5.41. The Balaban J connectivity index is 1.89. The molecule has 0 radical (unpaired) electrons. The van der Waals surface area contributed by atoms with Crippen LogP contribution in [-0.2, 0) is 28.3 Å². The van der Waals surface area contributed by atoms with Gasteiger partial charge >= 0.3 is 0 Å². The highest BCUT2D eigenvalue weighted by Crippen LogP contribution is 2.22. The Bertz CT molecular complexity index is 1200. The van der Waals surface area contributed by atoms with Crippen molar-refractivity contribution in [2.24, 2.45) is 0 Å². The smallest absolute Gasteiger partial charge is 0.243 e. The first kappa shape index (κ1) is 29.3. The molecule has 38 heavy (non-hydrogen) atoms. The van der Waals surface area contributed by atoms with Gasteiger partial charge in [0.2, 0.25) is 11.8 Å². The molecule has 0 heterocycles. The van der Waals surface area contributed by atoms with E-state index in [4.69, 9.17) is 4.74 Å². The maximum absolute atomic E-state index is 13.8. The van der Waals surface area contributed by atoms with Gasteiger partial charge in [-0.2, -0.15) is 0 Å². The quantitative estimate of drug-likeness (QED) is 0.324. The Morgan fingerprint density at radius 1 is 0.895 bits per heavy atom. The molecule has 3 aromatic carbocycles. The van der Waals surface area contributed by atoms with Crippen molar-refractivity contribution in [3.63, 3.8) is 0 Å². The van der Waals surface area contributed by atoms with Crippen molar-refractivity contribution in [2.75, 3.05) is 12.9 Å². The standard InChI is InChI=1S/C32H40N2O3S/c1-23-15-24(2)17-27(16-23)21-38-22-30(35)34(20-26-13-10-14-28(18-26)37-6)29(31(36)33-32(3,4)5)19-25-11-8-7-9-12-25/h7-18,29H,19-22H2,1-6H3,(H,33,36)/t29-/m0/s1. The maximum Gasteiger partial charge on any atom is 0.243 e. The van der Waals surface area contributed by atoms with Gasteiger partial charge in [0, 0.05) is 24.3 Å². The van der Waals surface area contributed by atoms with Gasteiger partial charge in [-0.1, -0.05) is 71.8 Å². The van der Waals surface area contributed by atoms with E-state index < -0.39 is 11.6 Å². The fourth-order valence-electron chi connectivity index (χ4n) is 4.47. The molecule has 1 atom stereocenters. The van der Waals surface area contributed by atoms with E-state index in [1.807, 2.05) is 75.4 Å². The van der Waals surface area contributed by atoms with Crippen molar-refractivity contribution in [1.29, 1.82) is 0 Å². The number of benzene rings is 3. The number of amides is 2. The molecule has 5 nitrogen and oxygen atoms in total. The zero-order valence-electron chi connectivity index (χ0n) is 23.4. The number of nitrogens with one attached hydrogen (secondary N) is 1. The van der Waals surface area contributed by atoms with Crippen molar-refractivity contribution < 1.29 is 14.3 Å². The Kier molecular flexibility index (Phi) is 10.4. The van der Waals surface area contributed by atoms with Crippen LogP contribution in [0.2, 0.25) is 0 Å². The molecule has 0 bridgehead atoms. The van der Waals surface area contributed by atoms with Crippen LogP contribution in [0.15, 0.2) is 72.8 Å². The third kappa shape index (κ3) is 9.25. The Morgan fingerprint density at radius 2 is 1.55 bits per heavy atom. The number of aryl methyl sites for hydroxylation is 2. The first-order chi connectivity index (χ1) is 18.0. The summed E-state index contributed by atoms with van der Waals surface area (Å²) in [6.07, 6.45) is 0.431. The van der Waals surface area contributed by atoms with Crippen molar-refractivity contribution in [2.45, 2.75) is 64.9 Å². The summed E-state index contributed by atoms with van der Waals surface area (Å²) in [6.45, 7) is 10.4. The van der Waals surface area contributed by atoms with Gasteiger partial charge in [-0.25, -0.2) is 0 Å². The summed E-state index contributed by atoms with van der Waals surface area (Å²) in [5.41, 5.74) is 5.13. The van der Waals surface area contributed by atoms with Crippen molar-refractivity contribution in [3.05, 3.63) is 101 Å². The molecule has 1 N–H and O–H groups in total. The highest BCUT2D eigenvalue weighted by atomic mass is 32.2. The number of ether oxygens (including phenoxy) is 1. The van der Waals surface area contributed by atoms with Crippen LogP contribution in [0.4, 0.5) is 0 Å². The summed E-state index contributed by atoms with van der Waals surface area (Å²) in [7, 11) is 1.63. The molecule has 0 saturated carbocycles. The van der Waals surface area contributed by atoms with E-state index in [2.05, 4.69) is 37.4 Å². The molecule has 0 fully saturated rings. The predicted octanol–water partition coefficient (Wildman–Crippen LogP) is 6.10. The molecule has 3 rings (SSSR count). The number of methoxy groups -OCH3 is 1. The molecule has 0 unspecified atom stereocenters. The van der Waals surface area contributed by atoms with Gasteiger partial charge in [0.25, 0.3) is 0 Å². The fourth-order valence-corrected chi connectivity index (χ4v) is 5.31. The summed E-state index contributed by atoms with van der Waals surface area (Å²) in [5.74, 6) is 1.52. The second-order valence-corrected chi connectivity index (χ2v) is 11.8. The molecule has 6 heteroatoms. The lowest BCUT2D eigenvalue weighted by Crippen LogP contribution is -2.54. The molecule has 0 spiro atoms. The number of hydrogen-bond acceptors (Lipinski definition) is 4. The average Bonchev–Trinajstić information content (AvgIpc) is 2.85. The lowest BCUT2D eigenvalue weighted by molar-refractivity contribution is -0.140. The summed E-state index contributed by atoms with van der Waals surface area (Å²) >= 11 is 1.58. The molecular weight excluding hydrogens is 492 g/mol. The second kappa shape index (κ2) is 13.5. The average molecular weight is 533 g/mol. The van der Waals surface area contributed by atoms with E-state index in [9.17, 15) is 9.59 Å². The largest absolute Gasteiger partial charge is 0.497 e. The first-order valence-corrected chi connectivity index (χ1v) is 14.1. The van der Waals surface area contributed by atoms with Crippen molar-refractivity contribution >= 4 is 23.6 Å². The number of thioether (sulfide) groups is 1. The minimum Gasteiger partial charge on any atom is -0.497 e. The van der Waals surface area contributed by atoms with Crippen molar-refractivity contribution in [1.82, 2.24) is 10.2 Å². The van der Waals surface area contributed by atoms with Crippen LogP contribution in [0.1, 0.15) is 48.6 Å². The second-order valence-electron chi connectivity index (χ2n) is 10.8. The van der Waals surface area contributed by atoms with Crippen LogP contribution in [0.3, 0.4) is 0 Å². The van der Waals surface area contributed by atoms with Crippen LogP contribution < -0.4 is 10.1 Å². The summed E-state index contributed by atoms with van der Waals surface area (Å²) in [6, 6.07) is 23.4. The molecule has 2 amide bonds. The Morgan fingerprint density at radius 3 is 2.18 bits per heavy atom. The molecule has 0 aliphatic carbocycles. The molecule has 0 aromatic heterocycles. The van der Waals surface area contributed by atoms with Gasteiger partial charge in [0.1, 0.15) is 11.8 Å². The number of carbonyl (C=O) groups excluding carboxylic acids is 2. The zero-order valence-corrected chi connectivity index (χ0v) is 24.2. The molecule has 0 aliphatic heterocycles. The monoisotopic (exact) mass is 532 g/mol. The topological polar surface area (TPSA) is 58.6 Å². The Labute approximate surface area is 232 Å². The predicted molar refractivity (Wildman–Crippen MR) is 157 cm³/mol. The van der Waals surface area contributed by atoms with Gasteiger partial charge in [-0.3, -0.25) is 9.59 Å². The number of hydrogen-bond donors (Lipinski definition) is 1. The van der Waals surface area contributed by atoms with Gasteiger partial charge in [0.05, 0.1) is 12.9 Å². The fraction of sp³-hybridized carbons (Fsp3) is 0.375.